The minimum atomic E-state index is -0.228. The van der Waals surface area contributed by atoms with Crippen LogP contribution in [0.15, 0.2) is 30.3 Å². The van der Waals surface area contributed by atoms with Gasteiger partial charge in [-0.05, 0) is 67.0 Å². The van der Waals surface area contributed by atoms with Gasteiger partial charge in [0.25, 0.3) is 0 Å². The molecule has 2 aromatic carbocycles. The van der Waals surface area contributed by atoms with Gasteiger partial charge in [-0.2, -0.15) is 5.26 Å². The third-order valence-electron chi connectivity index (χ3n) is 6.53. The molecule has 4 rings (SSSR count). The van der Waals surface area contributed by atoms with E-state index in [1.807, 2.05) is 43.0 Å². The van der Waals surface area contributed by atoms with Crippen LogP contribution in [0.1, 0.15) is 54.9 Å². The average Bonchev–Trinajstić information content (AvgIpc) is 3.23. The summed E-state index contributed by atoms with van der Waals surface area (Å²) in [4.78, 5) is 15.6. The fraction of sp³-hybridized carbons (Fsp3) is 0.481. The normalized spacial score (nSPS) is 20.3. The summed E-state index contributed by atoms with van der Waals surface area (Å²) in [6.45, 7) is 10.2. The van der Waals surface area contributed by atoms with Gasteiger partial charge in [0.2, 0.25) is 12.7 Å². The second-order valence-electron chi connectivity index (χ2n) is 9.55. The second kappa shape index (κ2) is 9.74. The number of hydrogen-bond donors (Lipinski definition) is 0. The number of aryl methyl sites for hydroxylation is 2. The average molecular weight is 449 g/mol. The van der Waals surface area contributed by atoms with Crippen LogP contribution in [0.3, 0.4) is 0 Å². The number of amides is 1. The van der Waals surface area contributed by atoms with Gasteiger partial charge in [0, 0.05) is 31.0 Å². The molecule has 0 radical (unpaired) electrons. The Bertz CT molecular complexity index is 1060. The summed E-state index contributed by atoms with van der Waals surface area (Å²) in [5.74, 6) is 2.97. The number of nitriles is 1. The van der Waals surface area contributed by atoms with Gasteiger partial charge < -0.3 is 19.1 Å². The van der Waals surface area contributed by atoms with Crippen molar-refractivity contribution in [1.82, 2.24) is 4.90 Å². The van der Waals surface area contributed by atoms with Crippen molar-refractivity contribution in [3.8, 4) is 23.3 Å². The maximum absolute atomic E-state index is 13.6. The van der Waals surface area contributed by atoms with Gasteiger partial charge in [0.05, 0.1) is 0 Å². The quantitative estimate of drug-likeness (QED) is 0.625. The van der Waals surface area contributed by atoms with Crippen molar-refractivity contribution in [3.05, 3.63) is 52.6 Å². The molecule has 1 saturated heterocycles. The molecule has 3 atom stereocenters. The summed E-state index contributed by atoms with van der Waals surface area (Å²) in [5, 5.41) is 9.12. The first-order valence-electron chi connectivity index (χ1n) is 11.6. The van der Waals surface area contributed by atoms with E-state index in [-0.39, 0.29) is 25.2 Å². The van der Waals surface area contributed by atoms with E-state index in [4.69, 9.17) is 19.5 Å². The number of ether oxygens (including phenoxy) is 3. The molecule has 174 valence electrons. The molecule has 6 nitrogen and oxygen atoms in total. The number of carbonyl (C=O) groups excluding carboxylic acids is 1. The van der Waals surface area contributed by atoms with Gasteiger partial charge in [-0.3, -0.25) is 4.79 Å². The molecule has 0 bridgehead atoms. The molecule has 0 aromatic heterocycles. The largest absolute Gasteiger partial charge is 0.478 e. The Balaban J connectivity index is 1.74. The van der Waals surface area contributed by atoms with Crippen LogP contribution in [-0.2, 0) is 4.79 Å². The lowest BCUT2D eigenvalue weighted by Gasteiger charge is -2.36. The molecular weight excluding hydrogens is 416 g/mol. The lowest BCUT2D eigenvalue weighted by molar-refractivity contribution is -0.134. The number of hydrogen-bond acceptors (Lipinski definition) is 5. The lowest BCUT2D eigenvalue weighted by atomic mass is 9.83. The summed E-state index contributed by atoms with van der Waals surface area (Å²) >= 11 is 0. The molecular formula is C27H32N2O4. The molecule has 0 aliphatic carbocycles. The Kier molecular flexibility index (Phi) is 6.78. The van der Waals surface area contributed by atoms with Crippen LogP contribution in [0, 0.1) is 37.0 Å². The summed E-state index contributed by atoms with van der Waals surface area (Å²) in [7, 11) is 0. The van der Waals surface area contributed by atoms with Crippen LogP contribution in [0.5, 0.6) is 17.2 Å². The van der Waals surface area contributed by atoms with E-state index in [0.29, 0.717) is 35.5 Å². The highest BCUT2D eigenvalue weighted by atomic mass is 16.7. The highest BCUT2D eigenvalue weighted by molar-refractivity contribution is 5.78. The van der Waals surface area contributed by atoms with E-state index in [2.05, 4.69) is 26.0 Å². The minimum absolute atomic E-state index is 0.0428. The second-order valence-corrected chi connectivity index (χ2v) is 9.55. The molecule has 1 amide bonds. The highest BCUT2D eigenvalue weighted by Crippen LogP contribution is 2.42. The van der Waals surface area contributed by atoms with Gasteiger partial charge >= 0.3 is 0 Å². The molecule has 2 aromatic rings. The topological polar surface area (TPSA) is 71.8 Å². The fourth-order valence-corrected chi connectivity index (χ4v) is 5.30. The molecule has 3 unspecified atom stereocenters. The summed E-state index contributed by atoms with van der Waals surface area (Å²) in [6, 6.07) is 12.0. The van der Waals surface area contributed by atoms with Crippen LogP contribution in [0.4, 0.5) is 0 Å². The van der Waals surface area contributed by atoms with Crippen LogP contribution in [0.25, 0.3) is 0 Å². The number of nitrogens with zero attached hydrogens (tertiary/aromatic N) is 2. The first kappa shape index (κ1) is 23.0. The van der Waals surface area contributed by atoms with Gasteiger partial charge in [-0.15, -0.1) is 0 Å². The summed E-state index contributed by atoms with van der Waals surface area (Å²) < 4.78 is 17.0. The van der Waals surface area contributed by atoms with Gasteiger partial charge in [-0.25, -0.2) is 0 Å². The molecule has 6 heteroatoms. The standard InChI is InChI=1S/C27H32N2O4/c1-17-10-20(4)27(25(11-17)31-8-7-28)22(21-5-6-23-24(12-21)33-16-32-23)13-26(30)29-14-18(2)9-19(3)15-29/h5-6,10-12,18-19,22H,8-9,13-16H2,1-4H3. The Morgan fingerprint density at radius 2 is 1.88 bits per heavy atom. The fourth-order valence-electron chi connectivity index (χ4n) is 5.30. The molecule has 2 aliphatic heterocycles. The van der Waals surface area contributed by atoms with Crippen LogP contribution >= 0.6 is 0 Å². The van der Waals surface area contributed by atoms with Crippen molar-refractivity contribution in [2.45, 2.75) is 46.5 Å². The SMILES string of the molecule is Cc1cc(C)c(C(CC(=O)N2CC(C)CC(C)C2)c2ccc3c(c2)OCO3)c(OCC#N)c1. The van der Waals surface area contributed by atoms with Crippen LogP contribution < -0.4 is 14.2 Å². The predicted octanol–water partition coefficient (Wildman–Crippen LogP) is 4.96. The van der Waals surface area contributed by atoms with E-state index in [0.717, 1.165) is 41.8 Å². The predicted molar refractivity (Wildman–Crippen MR) is 126 cm³/mol. The Labute approximate surface area is 196 Å². The van der Waals surface area contributed by atoms with Crippen LogP contribution in [0.2, 0.25) is 0 Å². The molecule has 2 heterocycles. The number of benzene rings is 2. The van der Waals surface area contributed by atoms with E-state index in [1.165, 1.54) is 0 Å². The number of carbonyl (C=O) groups is 1. The van der Waals surface area contributed by atoms with Crippen molar-refractivity contribution in [1.29, 1.82) is 5.26 Å². The van der Waals surface area contributed by atoms with Crippen LogP contribution in [-0.4, -0.2) is 37.3 Å². The zero-order valence-corrected chi connectivity index (χ0v) is 19.9. The lowest BCUT2D eigenvalue weighted by Crippen LogP contribution is -2.43. The van der Waals surface area contributed by atoms with Gasteiger partial charge in [-0.1, -0.05) is 26.0 Å². The van der Waals surface area contributed by atoms with Crippen molar-refractivity contribution in [3.63, 3.8) is 0 Å². The monoisotopic (exact) mass is 448 g/mol. The first-order valence-corrected chi connectivity index (χ1v) is 11.6. The van der Waals surface area contributed by atoms with Crippen molar-refractivity contribution in [2.75, 3.05) is 26.5 Å². The summed E-state index contributed by atoms with van der Waals surface area (Å²) in [6.07, 6.45) is 1.48. The first-order chi connectivity index (χ1) is 15.9. The molecule has 2 aliphatic rings. The Morgan fingerprint density at radius 3 is 2.61 bits per heavy atom. The van der Waals surface area contributed by atoms with E-state index in [1.54, 1.807) is 0 Å². The Hall–Kier alpha value is -3.20. The third kappa shape index (κ3) is 5.08. The van der Waals surface area contributed by atoms with Crippen molar-refractivity contribution >= 4 is 5.91 Å². The van der Waals surface area contributed by atoms with Crippen molar-refractivity contribution < 1.29 is 19.0 Å². The number of fused-ring (bicyclic) bond motifs is 1. The minimum Gasteiger partial charge on any atom is -0.478 e. The van der Waals surface area contributed by atoms with Gasteiger partial charge in [0.1, 0.15) is 11.8 Å². The summed E-state index contributed by atoms with van der Waals surface area (Å²) in [5.41, 5.74) is 4.01. The zero-order chi connectivity index (χ0) is 23.5. The van der Waals surface area contributed by atoms with Crippen molar-refractivity contribution in [2.24, 2.45) is 11.8 Å². The maximum atomic E-state index is 13.6. The van der Waals surface area contributed by atoms with E-state index in [9.17, 15) is 4.79 Å². The number of piperidine rings is 1. The zero-order valence-electron chi connectivity index (χ0n) is 19.9. The number of likely N-dealkylation sites (tertiary alicyclic amines) is 1. The van der Waals surface area contributed by atoms with E-state index < -0.39 is 0 Å². The highest BCUT2D eigenvalue weighted by Gasteiger charge is 2.31. The molecule has 1 fully saturated rings. The number of rotatable bonds is 6. The molecule has 0 spiro atoms. The third-order valence-corrected chi connectivity index (χ3v) is 6.53. The smallest absolute Gasteiger partial charge is 0.231 e. The molecule has 33 heavy (non-hydrogen) atoms. The molecule has 0 N–H and O–H groups in total. The molecule has 0 saturated carbocycles. The van der Waals surface area contributed by atoms with Gasteiger partial charge in [0.15, 0.2) is 18.1 Å². The van der Waals surface area contributed by atoms with E-state index >= 15 is 0 Å². The maximum Gasteiger partial charge on any atom is 0.231 e. The Morgan fingerprint density at radius 1 is 1.15 bits per heavy atom.